The molecule has 0 atom stereocenters. The lowest BCUT2D eigenvalue weighted by Gasteiger charge is -2.01. The number of nitrogens with one attached hydrogen (secondary N) is 2. The van der Waals surface area contributed by atoms with E-state index in [4.69, 9.17) is 0 Å². The van der Waals surface area contributed by atoms with E-state index in [1.807, 2.05) is 13.8 Å². The highest BCUT2D eigenvalue weighted by molar-refractivity contribution is 7.15. The molecule has 0 aromatic carbocycles. The van der Waals surface area contributed by atoms with Crippen molar-refractivity contribution in [3.63, 3.8) is 0 Å². The van der Waals surface area contributed by atoms with Crippen molar-refractivity contribution >= 4 is 22.4 Å². The van der Waals surface area contributed by atoms with Gasteiger partial charge < -0.3 is 10.6 Å². The number of aryl methyl sites for hydroxylation is 2. The Morgan fingerprint density at radius 1 is 1.60 bits per heavy atom. The molecule has 0 unspecified atom stereocenters. The van der Waals surface area contributed by atoms with Gasteiger partial charge in [-0.3, -0.25) is 4.79 Å². The predicted octanol–water partition coefficient (Wildman–Crippen LogP) is 1.47. The van der Waals surface area contributed by atoms with Crippen LogP contribution in [-0.2, 0) is 4.79 Å². The molecule has 1 heterocycles. The first-order chi connectivity index (χ1) is 7.13. The fraction of sp³-hybridized carbons (Fsp3) is 0.400. The summed E-state index contributed by atoms with van der Waals surface area (Å²) in [5.41, 5.74) is 0.967. The Morgan fingerprint density at radius 3 is 2.87 bits per heavy atom. The summed E-state index contributed by atoms with van der Waals surface area (Å²) in [6.45, 7) is 8.37. The summed E-state index contributed by atoms with van der Waals surface area (Å²) in [6.07, 6.45) is 1.71. The van der Waals surface area contributed by atoms with Crippen LogP contribution in [0.2, 0.25) is 0 Å². The van der Waals surface area contributed by atoms with Gasteiger partial charge in [0.05, 0.1) is 12.2 Å². The molecule has 0 saturated heterocycles. The van der Waals surface area contributed by atoms with Crippen molar-refractivity contribution < 1.29 is 4.79 Å². The molecule has 1 amide bonds. The summed E-state index contributed by atoms with van der Waals surface area (Å²) in [6, 6.07) is 0. The SMILES string of the molecule is C=CCNCC(=O)Nc1nc(C)c(C)s1. The predicted molar refractivity (Wildman–Crippen MR) is 63.3 cm³/mol. The normalized spacial score (nSPS) is 10.0. The van der Waals surface area contributed by atoms with Gasteiger partial charge in [0.15, 0.2) is 5.13 Å². The second-order valence-electron chi connectivity index (χ2n) is 3.13. The number of nitrogens with zero attached hydrogens (tertiary/aromatic N) is 1. The van der Waals surface area contributed by atoms with Gasteiger partial charge in [0.2, 0.25) is 5.91 Å². The summed E-state index contributed by atoms with van der Waals surface area (Å²) >= 11 is 1.49. The number of carbonyl (C=O) groups excluding carboxylic acids is 1. The minimum Gasteiger partial charge on any atom is -0.305 e. The van der Waals surface area contributed by atoms with Crippen LogP contribution in [0.4, 0.5) is 5.13 Å². The molecule has 0 aliphatic rings. The van der Waals surface area contributed by atoms with Crippen molar-refractivity contribution in [2.45, 2.75) is 13.8 Å². The van der Waals surface area contributed by atoms with E-state index in [-0.39, 0.29) is 12.5 Å². The van der Waals surface area contributed by atoms with Gasteiger partial charge in [-0.2, -0.15) is 0 Å². The molecule has 82 valence electrons. The van der Waals surface area contributed by atoms with Crippen LogP contribution in [0.5, 0.6) is 0 Å². The molecule has 0 spiro atoms. The Morgan fingerprint density at radius 2 is 2.33 bits per heavy atom. The van der Waals surface area contributed by atoms with E-state index in [1.165, 1.54) is 11.3 Å². The van der Waals surface area contributed by atoms with Crippen LogP contribution >= 0.6 is 11.3 Å². The summed E-state index contributed by atoms with van der Waals surface area (Å²) in [5.74, 6) is -0.0781. The zero-order valence-electron chi connectivity index (χ0n) is 8.96. The zero-order chi connectivity index (χ0) is 11.3. The van der Waals surface area contributed by atoms with Crippen molar-refractivity contribution in [1.29, 1.82) is 0 Å². The highest BCUT2D eigenvalue weighted by Gasteiger charge is 2.06. The van der Waals surface area contributed by atoms with Gasteiger partial charge in [-0.15, -0.1) is 17.9 Å². The monoisotopic (exact) mass is 225 g/mol. The first kappa shape index (κ1) is 11.9. The van der Waals surface area contributed by atoms with E-state index in [0.717, 1.165) is 10.6 Å². The van der Waals surface area contributed by atoms with E-state index in [9.17, 15) is 4.79 Å². The van der Waals surface area contributed by atoms with E-state index in [0.29, 0.717) is 11.7 Å². The van der Waals surface area contributed by atoms with E-state index >= 15 is 0 Å². The Kier molecular flexibility index (Phi) is 4.45. The minimum atomic E-state index is -0.0781. The quantitative estimate of drug-likeness (QED) is 0.589. The molecule has 15 heavy (non-hydrogen) atoms. The molecule has 0 aliphatic carbocycles. The van der Waals surface area contributed by atoms with Crippen LogP contribution < -0.4 is 10.6 Å². The maximum Gasteiger partial charge on any atom is 0.240 e. The number of aromatic nitrogens is 1. The molecule has 0 aliphatic heterocycles. The topological polar surface area (TPSA) is 54.0 Å². The molecule has 0 saturated carbocycles. The number of hydrogen-bond acceptors (Lipinski definition) is 4. The third-order valence-corrected chi connectivity index (χ3v) is 2.84. The van der Waals surface area contributed by atoms with Crippen LogP contribution in [0.25, 0.3) is 0 Å². The fourth-order valence-corrected chi connectivity index (χ4v) is 1.81. The van der Waals surface area contributed by atoms with Crippen molar-refractivity contribution in [1.82, 2.24) is 10.3 Å². The minimum absolute atomic E-state index is 0.0781. The molecular formula is C10H15N3OS. The standard InChI is InChI=1S/C10H15N3OS/c1-4-5-11-6-9(14)13-10-12-7(2)8(3)15-10/h4,11H,1,5-6H2,2-3H3,(H,12,13,14). The first-order valence-corrected chi connectivity index (χ1v) is 5.50. The van der Waals surface area contributed by atoms with Crippen molar-refractivity contribution in [3.05, 3.63) is 23.2 Å². The largest absolute Gasteiger partial charge is 0.305 e. The summed E-state index contributed by atoms with van der Waals surface area (Å²) < 4.78 is 0. The molecule has 1 aromatic rings. The maximum absolute atomic E-state index is 11.4. The van der Waals surface area contributed by atoms with Crippen molar-refractivity contribution in [2.24, 2.45) is 0 Å². The van der Waals surface area contributed by atoms with Crippen LogP contribution in [-0.4, -0.2) is 24.0 Å². The van der Waals surface area contributed by atoms with Gasteiger partial charge in [-0.25, -0.2) is 4.98 Å². The molecule has 1 aromatic heterocycles. The van der Waals surface area contributed by atoms with Gasteiger partial charge in [0.1, 0.15) is 0 Å². The number of rotatable bonds is 5. The summed E-state index contributed by atoms with van der Waals surface area (Å²) in [5, 5.41) is 6.32. The Bertz CT molecular complexity index is 340. The second-order valence-corrected chi connectivity index (χ2v) is 4.33. The van der Waals surface area contributed by atoms with Crippen molar-refractivity contribution in [3.8, 4) is 0 Å². The Labute approximate surface area is 93.4 Å². The number of amides is 1. The second kappa shape index (κ2) is 5.63. The lowest BCUT2D eigenvalue weighted by molar-refractivity contribution is -0.115. The molecule has 5 heteroatoms. The van der Waals surface area contributed by atoms with Crippen LogP contribution in [0.1, 0.15) is 10.6 Å². The molecule has 4 nitrogen and oxygen atoms in total. The third kappa shape index (κ3) is 3.81. The third-order valence-electron chi connectivity index (χ3n) is 1.85. The molecule has 2 N–H and O–H groups in total. The average molecular weight is 225 g/mol. The smallest absolute Gasteiger partial charge is 0.240 e. The highest BCUT2D eigenvalue weighted by Crippen LogP contribution is 2.20. The van der Waals surface area contributed by atoms with Crippen LogP contribution in [0, 0.1) is 13.8 Å². The van der Waals surface area contributed by atoms with Crippen LogP contribution in [0.15, 0.2) is 12.7 Å². The molecule has 0 radical (unpaired) electrons. The Balaban J connectivity index is 2.40. The molecule has 0 fully saturated rings. The van der Waals surface area contributed by atoms with Gasteiger partial charge in [-0.1, -0.05) is 6.08 Å². The highest BCUT2D eigenvalue weighted by atomic mass is 32.1. The fourth-order valence-electron chi connectivity index (χ4n) is 0.977. The van der Waals surface area contributed by atoms with Crippen LogP contribution in [0.3, 0.4) is 0 Å². The molecule has 1 rings (SSSR count). The number of carbonyl (C=O) groups is 1. The first-order valence-electron chi connectivity index (χ1n) is 4.69. The lowest BCUT2D eigenvalue weighted by atomic mass is 10.4. The van der Waals surface area contributed by atoms with E-state index in [2.05, 4.69) is 22.2 Å². The maximum atomic E-state index is 11.4. The molecule has 0 bridgehead atoms. The van der Waals surface area contributed by atoms with E-state index < -0.39 is 0 Å². The van der Waals surface area contributed by atoms with E-state index in [1.54, 1.807) is 6.08 Å². The van der Waals surface area contributed by atoms with Gasteiger partial charge in [-0.05, 0) is 13.8 Å². The molecular weight excluding hydrogens is 210 g/mol. The van der Waals surface area contributed by atoms with Gasteiger partial charge in [0, 0.05) is 11.4 Å². The average Bonchev–Trinajstić information content (AvgIpc) is 2.46. The Hall–Kier alpha value is -1.20. The summed E-state index contributed by atoms with van der Waals surface area (Å²) in [7, 11) is 0. The van der Waals surface area contributed by atoms with Gasteiger partial charge >= 0.3 is 0 Å². The van der Waals surface area contributed by atoms with Crippen molar-refractivity contribution in [2.75, 3.05) is 18.4 Å². The lowest BCUT2D eigenvalue weighted by Crippen LogP contribution is -2.27. The number of hydrogen-bond donors (Lipinski definition) is 2. The summed E-state index contributed by atoms with van der Waals surface area (Å²) in [4.78, 5) is 16.7. The zero-order valence-corrected chi connectivity index (χ0v) is 9.78. The number of thiazole rings is 1. The van der Waals surface area contributed by atoms with Gasteiger partial charge in [0.25, 0.3) is 0 Å². The number of anilines is 1.